The molecule has 1 aliphatic heterocycles. The molecule has 0 radical (unpaired) electrons. The number of carbonyl (C=O) groups is 2. The molecule has 7 heteroatoms. The molecule has 1 aromatic heterocycles. The van der Waals surface area contributed by atoms with E-state index in [2.05, 4.69) is 10.3 Å². The maximum Gasteiger partial charge on any atom is 0.311 e. The third-order valence-corrected chi connectivity index (χ3v) is 3.60. The number of amides is 1. The van der Waals surface area contributed by atoms with Gasteiger partial charge in [0.25, 0.3) is 0 Å². The molecule has 0 atom stereocenters. The van der Waals surface area contributed by atoms with Gasteiger partial charge in [0, 0.05) is 5.38 Å². The predicted molar refractivity (Wildman–Crippen MR) is 70.0 cm³/mol. The maximum atomic E-state index is 11.9. The molecule has 0 bridgehead atoms. The van der Waals surface area contributed by atoms with E-state index in [0.29, 0.717) is 30.6 Å². The Morgan fingerprint density at radius 2 is 2.32 bits per heavy atom. The predicted octanol–water partition coefficient (Wildman–Crippen LogP) is 1.22. The van der Waals surface area contributed by atoms with Crippen LogP contribution in [0.15, 0.2) is 5.38 Å². The van der Waals surface area contributed by atoms with Crippen molar-refractivity contribution in [3.8, 4) is 0 Å². The standard InChI is InChI=1S/C12H16N2O4S/c1-3-18-9(15)4-8-5-19-11(13-8)14-10(16)12(2)6-17-7-12/h5H,3-4,6-7H2,1-2H3,(H,13,14,16). The minimum absolute atomic E-state index is 0.101. The van der Waals surface area contributed by atoms with Crippen molar-refractivity contribution < 1.29 is 19.1 Å². The van der Waals surface area contributed by atoms with Crippen LogP contribution in [0.2, 0.25) is 0 Å². The van der Waals surface area contributed by atoms with E-state index < -0.39 is 5.41 Å². The van der Waals surface area contributed by atoms with Crippen LogP contribution in [0.4, 0.5) is 5.13 Å². The van der Waals surface area contributed by atoms with Gasteiger partial charge in [-0.3, -0.25) is 9.59 Å². The highest BCUT2D eigenvalue weighted by molar-refractivity contribution is 7.13. The molecule has 6 nitrogen and oxygen atoms in total. The molecule has 0 unspecified atom stereocenters. The highest BCUT2D eigenvalue weighted by atomic mass is 32.1. The molecule has 104 valence electrons. The molecule has 0 spiro atoms. The monoisotopic (exact) mass is 284 g/mol. The lowest BCUT2D eigenvalue weighted by molar-refractivity contribution is -0.152. The third kappa shape index (κ3) is 3.30. The Bertz CT molecular complexity index is 482. The van der Waals surface area contributed by atoms with Gasteiger partial charge >= 0.3 is 5.97 Å². The number of nitrogens with one attached hydrogen (secondary N) is 1. The van der Waals surface area contributed by atoms with Gasteiger partial charge in [0.2, 0.25) is 5.91 Å². The molecule has 0 aromatic carbocycles. The number of esters is 1. The van der Waals surface area contributed by atoms with Gasteiger partial charge in [0.05, 0.1) is 37.4 Å². The number of hydrogen-bond donors (Lipinski definition) is 1. The summed E-state index contributed by atoms with van der Waals surface area (Å²) >= 11 is 1.30. The number of nitrogens with zero attached hydrogens (tertiary/aromatic N) is 1. The van der Waals surface area contributed by atoms with E-state index in [1.54, 1.807) is 12.3 Å². The van der Waals surface area contributed by atoms with Crippen molar-refractivity contribution in [3.63, 3.8) is 0 Å². The van der Waals surface area contributed by atoms with Crippen LogP contribution < -0.4 is 5.32 Å². The second-order valence-corrected chi connectivity index (χ2v) is 5.49. The molecule has 1 amide bonds. The van der Waals surface area contributed by atoms with Crippen LogP contribution in [-0.2, 0) is 25.5 Å². The fourth-order valence-corrected chi connectivity index (χ4v) is 2.30. The molecule has 1 aromatic rings. The number of aromatic nitrogens is 1. The molecule has 1 aliphatic rings. The summed E-state index contributed by atoms with van der Waals surface area (Å²) in [5.74, 6) is -0.416. The van der Waals surface area contributed by atoms with Gasteiger partial charge in [-0.15, -0.1) is 11.3 Å². The van der Waals surface area contributed by atoms with E-state index in [1.807, 2.05) is 6.92 Å². The van der Waals surface area contributed by atoms with Crippen LogP contribution >= 0.6 is 11.3 Å². The van der Waals surface area contributed by atoms with Crippen LogP contribution in [0.5, 0.6) is 0 Å². The second-order valence-electron chi connectivity index (χ2n) is 4.63. The van der Waals surface area contributed by atoms with Gasteiger partial charge in [-0.25, -0.2) is 4.98 Å². The van der Waals surface area contributed by atoms with Gasteiger partial charge in [-0.1, -0.05) is 0 Å². The zero-order valence-electron chi connectivity index (χ0n) is 10.9. The fraction of sp³-hybridized carbons (Fsp3) is 0.583. The molecular formula is C12H16N2O4S. The molecule has 1 fully saturated rings. The molecule has 0 aliphatic carbocycles. The normalized spacial score (nSPS) is 16.5. The summed E-state index contributed by atoms with van der Waals surface area (Å²) in [6.45, 7) is 4.82. The number of carbonyl (C=O) groups excluding carboxylic acids is 2. The molecule has 19 heavy (non-hydrogen) atoms. The zero-order chi connectivity index (χ0) is 13.9. The molecule has 0 saturated carbocycles. The van der Waals surface area contributed by atoms with Gasteiger partial charge in [0.1, 0.15) is 0 Å². The molecule has 2 rings (SSSR count). The summed E-state index contributed by atoms with van der Waals surface area (Å²) < 4.78 is 9.88. The van der Waals surface area contributed by atoms with E-state index in [0.717, 1.165) is 0 Å². The number of hydrogen-bond acceptors (Lipinski definition) is 6. The van der Waals surface area contributed by atoms with Gasteiger partial charge < -0.3 is 14.8 Å². The minimum Gasteiger partial charge on any atom is -0.466 e. The molecular weight excluding hydrogens is 268 g/mol. The first-order valence-electron chi connectivity index (χ1n) is 6.03. The SMILES string of the molecule is CCOC(=O)Cc1csc(NC(=O)C2(C)COC2)n1. The summed E-state index contributed by atoms with van der Waals surface area (Å²) in [6, 6.07) is 0. The quantitative estimate of drug-likeness (QED) is 0.823. The Hall–Kier alpha value is -1.47. The lowest BCUT2D eigenvalue weighted by Gasteiger charge is -2.35. The Kier molecular flexibility index (Phi) is 4.16. The smallest absolute Gasteiger partial charge is 0.311 e. The Morgan fingerprint density at radius 3 is 2.89 bits per heavy atom. The lowest BCUT2D eigenvalue weighted by Crippen LogP contribution is -2.49. The zero-order valence-corrected chi connectivity index (χ0v) is 11.7. The molecule has 1 N–H and O–H groups in total. The van der Waals surface area contributed by atoms with Crippen molar-refractivity contribution in [2.45, 2.75) is 20.3 Å². The van der Waals surface area contributed by atoms with Crippen molar-refractivity contribution in [3.05, 3.63) is 11.1 Å². The first-order chi connectivity index (χ1) is 9.03. The number of thiazole rings is 1. The van der Waals surface area contributed by atoms with Gasteiger partial charge in [0.15, 0.2) is 5.13 Å². The third-order valence-electron chi connectivity index (χ3n) is 2.79. The van der Waals surface area contributed by atoms with E-state index in [4.69, 9.17) is 9.47 Å². The van der Waals surface area contributed by atoms with E-state index in [9.17, 15) is 9.59 Å². The summed E-state index contributed by atoms with van der Waals surface area (Å²) in [6.07, 6.45) is 0.126. The van der Waals surface area contributed by atoms with Crippen molar-refractivity contribution >= 4 is 28.3 Å². The average molecular weight is 284 g/mol. The largest absolute Gasteiger partial charge is 0.466 e. The first-order valence-corrected chi connectivity index (χ1v) is 6.91. The Balaban J connectivity index is 1.90. The number of rotatable bonds is 5. The lowest BCUT2D eigenvalue weighted by atomic mass is 9.88. The molecule has 1 saturated heterocycles. The Morgan fingerprint density at radius 1 is 1.58 bits per heavy atom. The van der Waals surface area contributed by atoms with Crippen LogP contribution in [0.3, 0.4) is 0 Å². The van der Waals surface area contributed by atoms with Crippen LogP contribution in [-0.4, -0.2) is 36.7 Å². The van der Waals surface area contributed by atoms with E-state index in [1.165, 1.54) is 11.3 Å². The van der Waals surface area contributed by atoms with E-state index >= 15 is 0 Å². The summed E-state index contributed by atoms with van der Waals surface area (Å²) in [4.78, 5) is 27.4. The second kappa shape index (κ2) is 5.66. The highest BCUT2D eigenvalue weighted by Crippen LogP contribution is 2.28. The van der Waals surface area contributed by atoms with Crippen molar-refractivity contribution in [2.24, 2.45) is 5.41 Å². The van der Waals surface area contributed by atoms with Crippen LogP contribution in [0.25, 0.3) is 0 Å². The highest BCUT2D eigenvalue weighted by Gasteiger charge is 2.41. The van der Waals surface area contributed by atoms with E-state index in [-0.39, 0.29) is 18.3 Å². The fourth-order valence-electron chi connectivity index (χ4n) is 1.59. The van der Waals surface area contributed by atoms with Crippen LogP contribution in [0.1, 0.15) is 19.5 Å². The van der Waals surface area contributed by atoms with Crippen molar-refractivity contribution in [2.75, 3.05) is 25.1 Å². The summed E-state index contributed by atoms with van der Waals surface area (Å²) in [5, 5.41) is 4.99. The molecule has 2 heterocycles. The number of anilines is 1. The first kappa shape index (κ1) is 14.0. The summed E-state index contributed by atoms with van der Waals surface area (Å²) in [7, 11) is 0. The minimum atomic E-state index is -0.465. The number of ether oxygens (including phenoxy) is 2. The van der Waals surface area contributed by atoms with Crippen LogP contribution in [0, 0.1) is 5.41 Å². The summed E-state index contributed by atoms with van der Waals surface area (Å²) in [5.41, 5.74) is 0.140. The maximum absolute atomic E-state index is 11.9. The van der Waals surface area contributed by atoms with Crippen molar-refractivity contribution in [1.29, 1.82) is 0 Å². The van der Waals surface area contributed by atoms with Gasteiger partial charge in [-0.2, -0.15) is 0 Å². The topological polar surface area (TPSA) is 77.5 Å². The van der Waals surface area contributed by atoms with Crippen molar-refractivity contribution in [1.82, 2.24) is 4.98 Å². The Labute approximate surface area is 115 Å². The van der Waals surface area contributed by atoms with Gasteiger partial charge in [-0.05, 0) is 13.8 Å². The average Bonchev–Trinajstić information content (AvgIpc) is 2.73.